The molecule has 1 atom stereocenters. The summed E-state index contributed by atoms with van der Waals surface area (Å²) in [6.45, 7) is 1.62. The molecule has 0 heterocycles. The summed E-state index contributed by atoms with van der Waals surface area (Å²) in [7, 11) is 0. The minimum absolute atomic E-state index is 0.0513. The molecule has 0 aromatic heterocycles. The van der Waals surface area contributed by atoms with Crippen molar-refractivity contribution in [2.75, 3.05) is 11.9 Å². The Labute approximate surface area is 140 Å². The number of anilines is 1. The number of aliphatic carboxylic acids is 1. The van der Waals surface area contributed by atoms with Gasteiger partial charge in [-0.3, -0.25) is 4.79 Å². The van der Waals surface area contributed by atoms with Crippen LogP contribution in [0.4, 0.5) is 5.69 Å². The molecule has 0 amide bonds. The number of rotatable bonds is 5. The third kappa shape index (κ3) is 5.14. The van der Waals surface area contributed by atoms with Gasteiger partial charge >= 0.3 is 5.97 Å². The molecule has 0 bridgehead atoms. The van der Waals surface area contributed by atoms with Gasteiger partial charge < -0.3 is 15.7 Å². The summed E-state index contributed by atoms with van der Waals surface area (Å²) in [6.07, 6.45) is 0. The highest BCUT2D eigenvalue weighted by Gasteiger charge is 2.09. The molecule has 0 saturated heterocycles. The van der Waals surface area contributed by atoms with E-state index in [1.807, 2.05) is 43.3 Å². The lowest BCUT2D eigenvalue weighted by atomic mass is 10.1. The molecule has 3 N–H and O–H groups in total. The first-order valence-electron chi connectivity index (χ1n) is 7.43. The molecule has 0 spiro atoms. The zero-order valence-electron chi connectivity index (χ0n) is 13.2. The smallest absolute Gasteiger partial charge is 0.325 e. The standard InChI is InChI=1S/C18H18N4O2/c1-13(15-5-3-2-4-6-15)21-18(20-12-17(23)24)22-16-9-7-14(11-19)8-10-16/h2-10,13H,12H2,1H3,(H,23,24)(H2,20,21,22)/t13-/m0/s1. The molecule has 0 fully saturated rings. The van der Waals surface area contributed by atoms with Crippen LogP contribution in [0.5, 0.6) is 0 Å². The monoisotopic (exact) mass is 322 g/mol. The molecule has 0 aliphatic rings. The summed E-state index contributed by atoms with van der Waals surface area (Å²) in [6, 6.07) is 18.6. The average molecular weight is 322 g/mol. The van der Waals surface area contributed by atoms with E-state index >= 15 is 0 Å². The fourth-order valence-corrected chi connectivity index (χ4v) is 2.06. The molecule has 0 unspecified atom stereocenters. The molecule has 122 valence electrons. The van der Waals surface area contributed by atoms with Crippen molar-refractivity contribution in [2.45, 2.75) is 13.0 Å². The van der Waals surface area contributed by atoms with Crippen LogP contribution in [0.1, 0.15) is 24.1 Å². The Morgan fingerprint density at radius 2 is 1.88 bits per heavy atom. The molecule has 2 rings (SSSR count). The highest BCUT2D eigenvalue weighted by molar-refractivity contribution is 5.94. The van der Waals surface area contributed by atoms with Gasteiger partial charge in [0.05, 0.1) is 17.7 Å². The van der Waals surface area contributed by atoms with Crippen molar-refractivity contribution in [1.29, 1.82) is 5.26 Å². The van der Waals surface area contributed by atoms with Crippen LogP contribution >= 0.6 is 0 Å². The van der Waals surface area contributed by atoms with Gasteiger partial charge in [0, 0.05) is 5.69 Å². The van der Waals surface area contributed by atoms with E-state index in [-0.39, 0.29) is 12.6 Å². The molecular weight excluding hydrogens is 304 g/mol. The minimum Gasteiger partial charge on any atom is -0.480 e. The summed E-state index contributed by atoms with van der Waals surface area (Å²) in [5, 5.41) is 23.9. The number of hydrogen-bond donors (Lipinski definition) is 3. The number of guanidine groups is 1. The number of carboxylic acid groups (broad SMARTS) is 1. The lowest BCUT2D eigenvalue weighted by molar-refractivity contribution is -0.135. The highest BCUT2D eigenvalue weighted by atomic mass is 16.4. The van der Waals surface area contributed by atoms with E-state index in [9.17, 15) is 4.79 Å². The molecule has 0 radical (unpaired) electrons. The van der Waals surface area contributed by atoms with Crippen molar-refractivity contribution >= 4 is 17.6 Å². The number of carboxylic acids is 1. The zero-order valence-corrected chi connectivity index (χ0v) is 13.2. The van der Waals surface area contributed by atoms with E-state index in [2.05, 4.69) is 15.6 Å². The van der Waals surface area contributed by atoms with E-state index in [1.54, 1.807) is 24.3 Å². The van der Waals surface area contributed by atoms with Crippen LogP contribution in [0.3, 0.4) is 0 Å². The summed E-state index contributed by atoms with van der Waals surface area (Å²) in [4.78, 5) is 14.9. The van der Waals surface area contributed by atoms with Crippen LogP contribution in [0.25, 0.3) is 0 Å². The minimum atomic E-state index is -1.01. The summed E-state index contributed by atoms with van der Waals surface area (Å²) in [5.41, 5.74) is 2.32. The van der Waals surface area contributed by atoms with Crippen LogP contribution < -0.4 is 10.6 Å². The Bertz CT molecular complexity index is 749. The molecule has 6 nitrogen and oxygen atoms in total. The number of nitrogens with one attached hydrogen (secondary N) is 2. The number of benzene rings is 2. The largest absolute Gasteiger partial charge is 0.480 e. The third-order valence-corrected chi connectivity index (χ3v) is 3.30. The van der Waals surface area contributed by atoms with Gasteiger partial charge in [0.1, 0.15) is 6.54 Å². The van der Waals surface area contributed by atoms with Crippen LogP contribution in [0, 0.1) is 11.3 Å². The van der Waals surface area contributed by atoms with Crippen molar-refractivity contribution < 1.29 is 9.90 Å². The summed E-state index contributed by atoms with van der Waals surface area (Å²) in [5.74, 6) is -0.651. The predicted octanol–water partition coefficient (Wildman–Crippen LogP) is 2.76. The van der Waals surface area contributed by atoms with Gasteiger partial charge in [-0.15, -0.1) is 0 Å². The van der Waals surface area contributed by atoms with Crippen molar-refractivity contribution in [3.05, 3.63) is 65.7 Å². The van der Waals surface area contributed by atoms with Crippen LogP contribution in [-0.4, -0.2) is 23.6 Å². The molecule has 0 saturated carbocycles. The van der Waals surface area contributed by atoms with E-state index in [0.29, 0.717) is 17.2 Å². The molecule has 6 heteroatoms. The summed E-state index contributed by atoms with van der Waals surface area (Å²) < 4.78 is 0. The number of hydrogen-bond acceptors (Lipinski definition) is 3. The van der Waals surface area contributed by atoms with Gasteiger partial charge in [-0.25, -0.2) is 4.99 Å². The number of aliphatic imine (C=N–C) groups is 1. The first-order chi connectivity index (χ1) is 11.6. The number of nitrogens with zero attached hydrogens (tertiary/aromatic N) is 2. The maximum absolute atomic E-state index is 10.8. The maximum Gasteiger partial charge on any atom is 0.325 e. The van der Waals surface area contributed by atoms with Crippen LogP contribution in [-0.2, 0) is 4.79 Å². The van der Waals surface area contributed by atoms with E-state index in [1.165, 1.54) is 0 Å². The van der Waals surface area contributed by atoms with Gasteiger partial charge in [0.15, 0.2) is 5.96 Å². The fraction of sp³-hybridized carbons (Fsp3) is 0.167. The molecule has 24 heavy (non-hydrogen) atoms. The molecule has 0 aliphatic carbocycles. The van der Waals surface area contributed by atoms with Crippen LogP contribution in [0.2, 0.25) is 0 Å². The SMILES string of the molecule is C[C@H](N/C(=N\CC(=O)O)Nc1ccc(C#N)cc1)c1ccccc1. The quantitative estimate of drug-likeness (QED) is 0.581. The van der Waals surface area contributed by atoms with Gasteiger partial charge in [-0.1, -0.05) is 30.3 Å². The third-order valence-electron chi connectivity index (χ3n) is 3.30. The topological polar surface area (TPSA) is 97.5 Å². The van der Waals surface area contributed by atoms with Gasteiger partial charge in [0.25, 0.3) is 0 Å². The zero-order chi connectivity index (χ0) is 17.4. The average Bonchev–Trinajstić information content (AvgIpc) is 2.61. The number of carbonyl (C=O) groups is 1. The molecular formula is C18H18N4O2. The van der Waals surface area contributed by atoms with Crippen molar-refractivity contribution in [1.82, 2.24) is 5.32 Å². The fourth-order valence-electron chi connectivity index (χ4n) is 2.06. The Hall–Kier alpha value is -3.33. The molecule has 2 aromatic carbocycles. The Morgan fingerprint density at radius 1 is 1.21 bits per heavy atom. The van der Waals surface area contributed by atoms with E-state index in [4.69, 9.17) is 10.4 Å². The van der Waals surface area contributed by atoms with Gasteiger partial charge in [0.2, 0.25) is 0 Å². The Balaban J connectivity index is 2.13. The second kappa shape index (κ2) is 8.34. The lowest BCUT2D eigenvalue weighted by Crippen LogP contribution is -2.33. The van der Waals surface area contributed by atoms with Gasteiger partial charge in [-0.05, 0) is 36.8 Å². The predicted molar refractivity (Wildman–Crippen MR) is 92.7 cm³/mol. The molecule has 2 aromatic rings. The Kier molecular flexibility index (Phi) is 5.92. The highest BCUT2D eigenvalue weighted by Crippen LogP contribution is 2.13. The van der Waals surface area contributed by atoms with Crippen molar-refractivity contribution in [3.8, 4) is 6.07 Å². The first-order valence-corrected chi connectivity index (χ1v) is 7.43. The number of nitriles is 1. The normalized spacial score (nSPS) is 12.1. The molecule has 0 aliphatic heterocycles. The summed E-state index contributed by atoms with van der Waals surface area (Å²) >= 11 is 0. The Morgan fingerprint density at radius 3 is 2.46 bits per heavy atom. The van der Waals surface area contributed by atoms with Crippen molar-refractivity contribution in [3.63, 3.8) is 0 Å². The maximum atomic E-state index is 10.8. The lowest BCUT2D eigenvalue weighted by Gasteiger charge is -2.18. The second-order valence-corrected chi connectivity index (χ2v) is 5.15. The second-order valence-electron chi connectivity index (χ2n) is 5.15. The van der Waals surface area contributed by atoms with Gasteiger partial charge in [-0.2, -0.15) is 5.26 Å². The first kappa shape index (κ1) is 17.0. The van der Waals surface area contributed by atoms with E-state index < -0.39 is 5.97 Å². The van der Waals surface area contributed by atoms with Crippen molar-refractivity contribution in [2.24, 2.45) is 4.99 Å². The van der Waals surface area contributed by atoms with E-state index in [0.717, 1.165) is 5.56 Å². The van der Waals surface area contributed by atoms with Crippen LogP contribution in [0.15, 0.2) is 59.6 Å².